The molecule has 7 heteroatoms. The molecule has 0 amide bonds. The van der Waals surface area contributed by atoms with Gasteiger partial charge in [0.05, 0.1) is 22.7 Å². The van der Waals surface area contributed by atoms with Gasteiger partial charge in [0.1, 0.15) is 23.6 Å². The normalized spacial score (nSPS) is 17.6. The first kappa shape index (κ1) is 21.7. The number of nitrogens with zero attached hydrogens (tertiary/aromatic N) is 4. The maximum atomic E-state index is 13.7. The Morgan fingerprint density at radius 2 is 1.77 bits per heavy atom. The molecule has 176 valence electrons. The van der Waals surface area contributed by atoms with Crippen LogP contribution in [0.25, 0.3) is 44.9 Å². The topological polar surface area (TPSA) is 66.0 Å². The van der Waals surface area contributed by atoms with Crippen LogP contribution in [0.15, 0.2) is 77.6 Å². The van der Waals surface area contributed by atoms with Crippen LogP contribution in [0.4, 0.5) is 4.39 Å². The molecule has 0 unspecified atom stereocenters. The van der Waals surface area contributed by atoms with E-state index < -0.39 is 0 Å². The highest BCUT2D eigenvalue weighted by atomic mass is 19.1. The average molecular weight is 469 g/mol. The van der Waals surface area contributed by atoms with E-state index in [0.717, 1.165) is 52.1 Å². The number of furan rings is 1. The van der Waals surface area contributed by atoms with Gasteiger partial charge in [0.25, 0.3) is 0 Å². The Balaban J connectivity index is 1.51. The number of ether oxygens (including phenoxy) is 1. The fourth-order valence-corrected chi connectivity index (χ4v) is 4.81. The summed E-state index contributed by atoms with van der Waals surface area (Å²) in [5.41, 5.74) is 4.42. The van der Waals surface area contributed by atoms with Crippen LogP contribution in [0.1, 0.15) is 32.7 Å². The molecule has 3 aromatic heterocycles. The SMILES string of the molecule is CC1(C)C[C@H](n2cc(-c3ncnc4oc(-c5ccccc5)cc34)c(-c3ccc(F)cc3)n2)CCO1. The smallest absolute Gasteiger partial charge is 0.230 e. The molecule has 0 saturated carbocycles. The van der Waals surface area contributed by atoms with Crippen LogP contribution in [0.2, 0.25) is 0 Å². The fourth-order valence-electron chi connectivity index (χ4n) is 4.81. The summed E-state index contributed by atoms with van der Waals surface area (Å²) < 4.78 is 27.7. The molecular formula is C28H25FN4O2. The molecule has 0 radical (unpaired) electrons. The van der Waals surface area contributed by atoms with Crippen molar-refractivity contribution in [1.29, 1.82) is 0 Å². The van der Waals surface area contributed by atoms with Crippen molar-refractivity contribution in [2.45, 2.75) is 38.3 Å². The molecule has 0 bridgehead atoms. The van der Waals surface area contributed by atoms with E-state index >= 15 is 0 Å². The standard InChI is InChI=1S/C28H25FN4O2/c1-28(2)15-21(12-13-34-28)33-16-23(25(32-33)19-8-10-20(29)11-9-19)26-22-14-24(18-6-4-3-5-7-18)35-27(22)31-17-30-26/h3-11,14,16-17,21H,12-13,15H2,1-2H3/t21-/m1/s1. The third-order valence-electron chi connectivity index (χ3n) is 6.54. The highest BCUT2D eigenvalue weighted by molar-refractivity contribution is 5.95. The Bertz CT molecular complexity index is 1490. The van der Waals surface area contributed by atoms with Gasteiger partial charge in [-0.25, -0.2) is 14.4 Å². The van der Waals surface area contributed by atoms with Crippen molar-refractivity contribution >= 4 is 11.1 Å². The van der Waals surface area contributed by atoms with Crippen molar-refractivity contribution in [3.63, 3.8) is 0 Å². The molecule has 1 atom stereocenters. The zero-order valence-electron chi connectivity index (χ0n) is 19.6. The van der Waals surface area contributed by atoms with Crippen LogP contribution in [0.5, 0.6) is 0 Å². The summed E-state index contributed by atoms with van der Waals surface area (Å²) in [5, 5.41) is 5.80. The first-order chi connectivity index (χ1) is 17.0. The Morgan fingerprint density at radius 1 is 0.971 bits per heavy atom. The first-order valence-corrected chi connectivity index (χ1v) is 11.8. The number of hydrogen-bond acceptors (Lipinski definition) is 5. The zero-order chi connectivity index (χ0) is 24.0. The van der Waals surface area contributed by atoms with Gasteiger partial charge in [-0.05, 0) is 57.0 Å². The van der Waals surface area contributed by atoms with Gasteiger partial charge in [-0.15, -0.1) is 0 Å². The number of halogens is 1. The van der Waals surface area contributed by atoms with Crippen molar-refractivity contribution in [2.24, 2.45) is 0 Å². The third-order valence-corrected chi connectivity index (χ3v) is 6.54. The second kappa shape index (κ2) is 8.43. The molecule has 1 aliphatic heterocycles. The summed E-state index contributed by atoms with van der Waals surface area (Å²) in [7, 11) is 0. The molecule has 35 heavy (non-hydrogen) atoms. The lowest BCUT2D eigenvalue weighted by Gasteiger charge is -2.35. The van der Waals surface area contributed by atoms with Gasteiger partial charge in [-0.2, -0.15) is 5.10 Å². The molecule has 0 aliphatic carbocycles. The molecule has 6 nitrogen and oxygen atoms in total. The van der Waals surface area contributed by atoms with E-state index in [4.69, 9.17) is 14.3 Å². The van der Waals surface area contributed by atoms with Crippen molar-refractivity contribution < 1.29 is 13.5 Å². The van der Waals surface area contributed by atoms with Gasteiger partial charge in [-0.3, -0.25) is 4.68 Å². The molecule has 6 rings (SSSR count). The Kier molecular flexibility index (Phi) is 5.22. The Hall–Kier alpha value is -3.84. The maximum Gasteiger partial charge on any atom is 0.230 e. The fraction of sp³-hybridized carbons (Fsp3) is 0.250. The van der Waals surface area contributed by atoms with Crippen LogP contribution in [0, 0.1) is 5.82 Å². The molecule has 0 N–H and O–H groups in total. The number of hydrogen-bond donors (Lipinski definition) is 0. The minimum atomic E-state index is -0.285. The van der Waals surface area contributed by atoms with Crippen LogP contribution in [-0.2, 0) is 4.74 Å². The summed E-state index contributed by atoms with van der Waals surface area (Å²) in [6.07, 6.45) is 5.28. The van der Waals surface area contributed by atoms with E-state index in [2.05, 4.69) is 23.8 Å². The van der Waals surface area contributed by atoms with Gasteiger partial charge < -0.3 is 9.15 Å². The van der Waals surface area contributed by atoms with E-state index in [1.54, 1.807) is 12.1 Å². The lowest BCUT2D eigenvalue weighted by atomic mass is 9.94. The predicted molar refractivity (Wildman–Crippen MR) is 132 cm³/mol. The number of aromatic nitrogens is 4. The quantitative estimate of drug-likeness (QED) is 0.294. The molecule has 1 saturated heterocycles. The number of benzene rings is 2. The van der Waals surface area contributed by atoms with Gasteiger partial charge in [0.2, 0.25) is 5.71 Å². The third kappa shape index (κ3) is 4.12. The van der Waals surface area contributed by atoms with Crippen LogP contribution < -0.4 is 0 Å². The number of fused-ring (bicyclic) bond motifs is 1. The van der Waals surface area contributed by atoms with Gasteiger partial charge >= 0.3 is 0 Å². The highest BCUT2D eigenvalue weighted by Gasteiger charge is 2.31. The van der Waals surface area contributed by atoms with Gasteiger partial charge in [0.15, 0.2) is 0 Å². The number of rotatable bonds is 4. The largest absolute Gasteiger partial charge is 0.438 e. The van der Waals surface area contributed by atoms with E-state index in [1.807, 2.05) is 47.3 Å². The van der Waals surface area contributed by atoms with Crippen molar-refractivity contribution in [3.8, 4) is 33.8 Å². The van der Waals surface area contributed by atoms with Crippen LogP contribution in [0.3, 0.4) is 0 Å². The molecule has 4 heterocycles. The molecule has 2 aromatic carbocycles. The molecule has 1 fully saturated rings. The second-order valence-electron chi connectivity index (χ2n) is 9.55. The van der Waals surface area contributed by atoms with Crippen LogP contribution in [-0.4, -0.2) is 32.0 Å². The van der Waals surface area contributed by atoms with Crippen molar-refractivity contribution in [3.05, 3.63) is 79.0 Å². The van der Waals surface area contributed by atoms with Crippen molar-refractivity contribution in [1.82, 2.24) is 19.7 Å². The Labute approximate surface area is 202 Å². The minimum Gasteiger partial charge on any atom is -0.438 e. The van der Waals surface area contributed by atoms with E-state index in [9.17, 15) is 4.39 Å². The molecule has 1 aliphatic rings. The van der Waals surface area contributed by atoms with E-state index in [0.29, 0.717) is 12.3 Å². The summed E-state index contributed by atoms with van der Waals surface area (Å²) in [5.74, 6) is 0.442. The lowest BCUT2D eigenvalue weighted by Crippen LogP contribution is -2.35. The predicted octanol–water partition coefficient (Wildman–Crippen LogP) is 6.69. The maximum absolute atomic E-state index is 13.7. The molecular weight excluding hydrogens is 443 g/mol. The summed E-state index contributed by atoms with van der Waals surface area (Å²) in [6, 6.07) is 18.5. The minimum absolute atomic E-state index is 0.188. The summed E-state index contributed by atoms with van der Waals surface area (Å²) >= 11 is 0. The van der Waals surface area contributed by atoms with E-state index in [1.165, 1.54) is 18.5 Å². The summed E-state index contributed by atoms with van der Waals surface area (Å²) in [4.78, 5) is 9.02. The Morgan fingerprint density at radius 3 is 2.54 bits per heavy atom. The summed E-state index contributed by atoms with van der Waals surface area (Å²) in [6.45, 7) is 4.89. The second-order valence-corrected chi connectivity index (χ2v) is 9.55. The van der Waals surface area contributed by atoms with E-state index in [-0.39, 0.29) is 17.5 Å². The van der Waals surface area contributed by atoms with Gasteiger partial charge in [-0.1, -0.05) is 30.3 Å². The molecule has 0 spiro atoms. The van der Waals surface area contributed by atoms with Crippen LogP contribution >= 0.6 is 0 Å². The average Bonchev–Trinajstić information content (AvgIpc) is 3.49. The lowest BCUT2D eigenvalue weighted by molar-refractivity contribution is -0.0707. The van der Waals surface area contributed by atoms with Gasteiger partial charge in [0, 0.05) is 29.5 Å². The first-order valence-electron chi connectivity index (χ1n) is 11.8. The zero-order valence-corrected chi connectivity index (χ0v) is 19.6. The molecule has 5 aromatic rings. The monoisotopic (exact) mass is 468 g/mol. The highest BCUT2D eigenvalue weighted by Crippen LogP contribution is 2.39. The van der Waals surface area contributed by atoms with Crippen molar-refractivity contribution in [2.75, 3.05) is 6.61 Å².